The lowest BCUT2D eigenvalue weighted by molar-refractivity contribution is 0.456. The van der Waals surface area contributed by atoms with E-state index in [1.54, 1.807) is 0 Å². The molecule has 1 aromatic carbocycles. The first kappa shape index (κ1) is 11.9. The molecule has 0 fully saturated rings. The van der Waals surface area contributed by atoms with Crippen LogP contribution >= 0.6 is 15.9 Å². The van der Waals surface area contributed by atoms with Crippen LogP contribution in [-0.2, 0) is 6.42 Å². The Bertz CT molecular complexity index is 581. The summed E-state index contributed by atoms with van der Waals surface area (Å²) in [6.07, 6.45) is 2.24. The van der Waals surface area contributed by atoms with Crippen LogP contribution in [0.1, 0.15) is 12.5 Å². The summed E-state index contributed by atoms with van der Waals surface area (Å²) >= 11 is 3.14. The predicted molar refractivity (Wildman–Crippen MR) is 68.5 cm³/mol. The van der Waals surface area contributed by atoms with Gasteiger partial charge < -0.3 is 9.72 Å². The summed E-state index contributed by atoms with van der Waals surface area (Å²) in [4.78, 5) is 17.8. The van der Waals surface area contributed by atoms with Crippen LogP contribution in [0.5, 0.6) is 11.6 Å². The van der Waals surface area contributed by atoms with E-state index in [2.05, 4.69) is 32.8 Å². The van der Waals surface area contributed by atoms with Gasteiger partial charge in [0.15, 0.2) is 0 Å². The normalized spacial score (nSPS) is 10.2. The average molecular weight is 295 g/mol. The van der Waals surface area contributed by atoms with Crippen molar-refractivity contribution in [2.24, 2.45) is 0 Å². The molecule has 0 unspecified atom stereocenters. The minimum Gasteiger partial charge on any atom is -0.438 e. The number of aromatic nitrogens is 2. The van der Waals surface area contributed by atoms with E-state index in [-0.39, 0.29) is 11.4 Å². The molecule has 0 radical (unpaired) electrons. The van der Waals surface area contributed by atoms with Gasteiger partial charge in [0.25, 0.3) is 5.56 Å². The molecule has 5 heteroatoms. The van der Waals surface area contributed by atoms with Gasteiger partial charge >= 0.3 is 0 Å². The van der Waals surface area contributed by atoms with Crippen LogP contribution in [0, 0.1) is 0 Å². The maximum Gasteiger partial charge on any atom is 0.268 e. The SMILES string of the molecule is CCc1cccc(Oc2nc[nH]c(=O)c2Br)c1. The Morgan fingerprint density at radius 1 is 1.47 bits per heavy atom. The lowest BCUT2D eigenvalue weighted by atomic mass is 10.2. The lowest BCUT2D eigenvalue weighted by Crippen LogP contribution is -2.08. The number of H-pyrrole nitrogens is 1. The molecule has 0 amide bonds. The van der Waals surface area contributed by atoms with Crippen molar-refractivity contribution in [3.05, 3.63) is 51.0 Å². The Morgan fingerprint density at radius 3 is 3.06 bits per heavy atom. The number of hydrogen-bond acceptors (Lipinski definition) is 3. The summed E-state index contributed by atoms with van der Waals surface area (Å²) in [5.74, 6) is 0.935. The summed E-state index contributed by atoms with van der Waals surface area (Å²) in [5, 5.41) is 0. The number of nitrogens with zero attached hydrogens (tertiary/aromatic N) is 1. The van der Waals surface area contributed by atoms with Crippen molar-refractivity contribution in [3.8, 4) is 11.6 Å². The van der Waals surface area contributed by atoms with Crippen molar-refractivity contribution in [3.63, 3.8) is 0 Å². The van der Waals surface area contributed by atoms with Crippen LogP contribution in [0.25, 0.3) is 0 Å². The first-order chi connectivity index (χ1) is 8.20. The molecular weight excluding hydrogens is 284 g/mol. The number of nitrogens with one attached hydrogen (secondary N) is 1. The van der Waals surface area contributed by atoms with Crippen LogP contribution in [0.4, 0.5) is 0 Å². The molecule has 2 rings (SSSR count). The Hall–Kier alpha value is -1.62. The summed E-state index contributed by atoms with van der Waals surface area (Å²) < 4.78 is 5.85. The number of ether oxygens (including phenoxy) is 1. The first-order valence-electron chi connectivity index (χ1n) is 5.20. The van der Waals surface area contributed by atoms with E-state index < -0.39 is 0 Å². The van der Waals surface area contributed by atoms with Crippen LogP contribution < -0.4 is 10.3 Å². The van der Waals surface area contributed by atoms with Gasteiger partial charge in [0.05, 0.1) is 6.33 Å². The van der Waals surface area contributed by atoms with E-state index in [4.69, 9.17) is 4.74 Å². The number of benzene rings is 1. The molecule has 4 nitrogen and oxygen atoms in total. The third-order valence-corrected chi connectivity index (χ3v) is 2.99. The Morgan fingerprint density at radius 2 is 2.29 bits per heavy atom. The van der Waals surface area contributed by atoms with Gasteiger partial charge in [-0.25, -0.2) is 4.98 Å². The highest BCUT2D eigenvalue weighted by atomic mass is 79.9. The zero-order chi connectivity index (χ0) is 12.3. The third-order valence-electron chi connectivity index (χ3n) is 2.29. The second-order valence-corrected chi connectivity index (χ2v) is 4.25. The molecule has 17 heavy (non-hydrogen) atoms. The van der Waals surface area contributed by atoms with E-state index in [1.807, 2.05) is 24.3 Å². The van der Waals surface area contributed by atoms with Crippen molar-refractivity contribution in [2.45, 2.75) is 13.3 Å². The number of rotatable bonds is 3. The van der Waals surface area contributed by atoms with E-state index in [0.29, 0.717) is 10.2 Å². The molecule has 0 aliphatic rings. The van der Waals surface area contributed by atoms with E-state index in [9.17, 15) is 4.79 Å². The molecule has 0 spiro atoms. The fourth-order valence-electron chi connectivity index (χ4n) is 1.38. The van der Waals surface area contributed by atoms with E-state index in [0.717, 1.165) is 6.42 Å². The minimum absolute atomic E-state index is 0.262. The summed E-state index contributed by atoms with van der Waals surface area (Å²) in [6.45, 7) is 2.07. The van der Waals surface area contributed by atoms with Gasteiger partial charge in [-0.15, -0.1) is 0 Å². The lowest BCUT2D eigenvalue weighted by Gasteiger charge is -2.06. The van der Waals surface area contributed by atoms with Crippen molar-refractivity contribution in [1.29, 1.82) is 0 Å². The molecule has 1 heterocycles. The predicted octanol–water partition coefficient (Wildman–Crippen LogP) is 2.89. The molecule has 0 saturated carbocycles. The fourth-order valence-corrected chi connectivity index (χ4v) is 1.68. The van der Waals surface area contributed by atoms with E-state index >= 15 is 0 Å². The molecule has 1 N–H and O–H groups in total. The van der Waals surface area contributed by atoms with Gasteiger partial charge in [-0.3, -0.25) is 4.79 Å². The molecule has 1 aromatic heterocycles. The third kappa shape index (κ3) is 2.74. The zero-order valence-corrected chi connectivity index (χ0v) is 10.8. The van der Waals surface area contributed by atoms with Crippen LogP contribution in [0.2, 0.25) is 0 Å². The summed E-state index contributed by atoms with van der Waals surface area (Å²) in [5.41, 5.74) is 0.908. The molecule has 0 saturated heterocycles. The number of halogens is 1. The number of aryl methyl sites for hydroxylation is 1. The quantitative estimate of drug-likeness (QED) is 0.947. The molecule has 0 aliphatic heterocycles. The van der Waals surface area contributed by atoms with Crippen molar-refractivity contribution >= 4 is 15.9 Å². The van der Waals surface area contributed by atoms with Gasteiger partial charge in [0, 0.05) is 0 Å². The maximum atomic E-state index is 11.3. The summed E-state index contributed by atoms with van der Waals surface area (Å²) in [7, 11) is 0. The van der Waals surface area contributed by atoms with Crippen molar-refractivity contribution in [1.82, 2.24) is 9.97 Å². The standard InChI is InChI=1S/C12H11BrN2O2/c1-2-8-4-3-5-9(6-8)17-12-10(13)11(16)14-7-15-12/h3-7H,2H2,1H3,(H,14,15,16). The fraction of sp³-hybridized carbons (Fsp3) is 0.167. The summed E-state index contributed by atoms with van der Waals surface area (Å²) in [6, 6.07) is 7.69. The molecule has 0 aliphatic carbocycles. The number of aromatic amines is 1. The Kier molecular flexibility index (Phi) is 3.58. The molecular formula is C12H11BrN2O2. The largest absolute Gasteiger partial charge is 0.438 e. The van der Waals surface area contributed by atoms with Gasteiger partial charge in [-0.2, -0.15) is 0 Å². The topological polar surface area (TPSA) is 55.0 Å². The van der Waals surface area contributed by atoms with Crippen molar-refractivity contribution < 1.29 is 4.74 Å². The van der Waals surface area contributed by atoms with Gasteiger partial charge in [0.1, 0.15) is 10.2 Å². The minimum atomic E-state index is -0.262. The van der Waals surface area contributed by atoms with Gasteiger partial charge in [-0.1, -0.05) is 19.1 Å². The molecule has 0 bridgehead atoms. The van der Waals surface area contributed by atoms with E-state index in [1.165, 1.54) is 11.9 Å². The van der Waals surface area contributed by atoms with Crippen molar-refractivity contribution in [2.75, 3.05) is 0 Å². The zero-order valence-electron chi connectivity index (χ0n) is 9.24. The highest BCUT2D eigenvalue weighted by molar-refractivity contribution is 9.10. The Labute approximate surface area is 107 Å². The molecule has 2 aromatic rings. The maximum absolute atomic E-state index is 11.3. The Balaban J connectivity index is 2.31. The molecule has 88 valence electrons. The second kappa shape index (κ2) is 5.14. The van der Waals surface area contributed by atoms with Crippen LogP contribution in [-0.4, -0.2) is 9.97 Å². The smallest absolute Gasteiger partial charge is 0.268 e. The van der Waals surface area contributed by atoms with Crippen LogP contribution in [0.15, 0.2) is 39.9 Å². The van der Waals surface area contributed by atoms with Gasteiger partial charge in [0.2, 0.25) is 5.88 Å². The van der Waals surface area contributed by atoms with Gasteiger partial charge in [-0.05, 0) is 40.0 Å². The highest BCUT2D eigenvalue weighted by Gasteiger charge is 2.07. The first-order valence-corrected chi connectivity index (χ1v) is 6.00. The molecule has 0 atom stereocenters. The number of hydrogen-bond donors (Lipinski definition) is 1. The second-order valence-electron chi connectivity index (χ2n) is 3.45. The monoisotopic (exact) mass is 294 g/mol. The average Bonchev–Trinajstić information content (AvgIpc) is 2.35. The highest BCUT2D eigenvalue weighted by Crippen LogP contribution is 2.24. The van der Waals surface area contributed by atoms with Crippen LogP contribution in [0.3, 0.4) is 0 Å².